The van der Waals surface area contributed by atoms with Crippen molar-refractivity contribution >= 4 is 5.97 Å². The Balaban J connectivity index is 1.93. The maximum atomic E-state index is 12.8. The van der Waals surface area contributed by atoms with Gasteiger partial charge in [-0.15, -0.1) is 0 Å². The summed E-state index contributed by atoms with van der Waals surface area (Å²) in [6.45, 7) is 2.20. The fraction of sp³-hybridized carbons (Fsp3) is 0.538. The zero-order chi connectivity index (χ0) is 12.3. The number of aromatic nitrogens is 1. The highest BCUT2D eigenvalue weighted by atomic mass is 19.1. The summed E-state index contributed by atoms with van der Waals surface area (Å²) in [4.78, 5) is 15.1. The van der Waals surface area contributed by atoms with Crippen LogP contribution in [0.2, 0.25) is 0 Å². The topological polar surface area (TPSA) is 39.2 Å². The molecular weight excluding hydrogens is 221 g/mol. The lowest BCUT2D eigenvalue weighted by Crippen LogP contribution is -2.23. The molecule has 1 aromatic heterocycles. The minimum atomic E-state index is -0.656. The Morgan fingerprint density at radius 2 is 2.12 bits per heavy atom. The predicted molar refractivity (Wildman–Crippen MR) is 61.0 cm³/mol. The normalized spacial score (nSPS) is 24.4. The van der Waals surface area contributed by atoms with E-state index in [1.54, 1.807) is 0 Å². The number of halogens is 1. The first kappa shape index (κ1) is 12.0. The standard InChI is InChI=1S/C13H16FNO2/c1-9-2-4-11(5-3-9)17-13(16)10-6-7-15-12(14)8-10/h6-9,11H,2-5H2,1H3. The van der Waals surface area contributed by atoms with Crippen molar-refractivity contribution < 1.29 is 13.9 Å². The van der Waals surface area contributed by atoms with Gasteiger partial charge in [0.2, 0.25) is 5.95 Å². The van der Waals surface area contributed by atoms with Crippen LogP contribution in [0, 0.1) is 11.9 Å². The molecule has 4 heteroatoms. The minimum absolute atomic E-state index is 0.0186. The lowest BCUT2D eigenvalue weighted by Gasteiger charge is -2.25. The number of hydrogen-bond acceptors (Lipinski definition) is 3. The van der Waals surface area contributed by atoms with Gasteiger partial charge in [0.1, 0.15) is 6.10 Å². The zero-order valence-corrected chi connectivity index (χ0v) is 9.86. The SMILES string of the molecule is CC1CCC(OC(=O)c2ccnc(F)c2)CC1. The Morgan fingerprint density at radius 1 is 1.41 bits per heavy atom. The van der Waals surface area contributed by atoms with Crippen molar-refractivity contribution in [3.8, 4) is 0 Å². The fourth-order valence-electron chi connectivity index (χ4n) is 2.10. The first-order valence-electron chi connectivity index (χ1n) is 5.97. The van der Waals surface area contributed by atoms with E-state index in [2.05, 4.69) is 11.9 Å². The first-order chi connectivity index (χ1) is 8.15. The fourth-order valence-corrected chi connectivity index (χ4v) is 2.10. The Labute approximate surface area is 100 Å². The molecule has 1 fully saturated rings. The van der Waals surface area contributed by atoms with Crippen LogP contribution >= 0.6 is 0 Å². The van der Waals surface area contributed by atoms with Gasteiger partial charge in [0.25, 0.3) is 0 Å². The van der Waals surface area contributed by atoms with Gasteiger partial charge in [-0.3, -0.25) is 0 Å². The average molecular weight is 237 g/mol. The number of ether oxygens (including phenoxy) is 1. The van der Waals surface area contributed by atoms with E-state index in [1.807, 2.05) is 0 Å². The molecule has 0 aliphatic heterocycles. The smallest absolute Gasteiger partial charge is 0.338 e. The molecule has 3 nitrogen and oxygen atoms in total. The average Bonchev–Trinajstić information content (AvgIpc) is 2.32. The van der Waals surface area contributed by atoms with Crippen molar-refractivity contribution in [3.63, 3.8) is 0 Å². The van der Waals surface area contributed by atoms with E-state index in [4.69, 9.17) is 4.74 Å². The molecule has 2 rings (SSSR count). The van der Waals surface area contributed by atoms with Crippen LogP contribution < -0.4 is 0 Å². The third-order valence-corrected chi connectivity index (χ3v) is 3.20. The minimum Gasteiger partial charge on any atom is -0.459 e. The maximum Gasteiger partial charge on any atom is 0.338 e. The Kier molecular flexibility index (Phi) is 3.71. The van der Waals surface area contributed by atoms with Crippen LogP contribution in [0.25, 0.3) is 0 Å². The van der Waals surface area contributed by atoms with Crippen molar-refractivity contribution in [2.24, 2.45) is 5.92 Å². The van der Waals surface area contributed by atoms with Gasteiger partial charge in [-0.05, 0) is 37.7 Å². The Morgan fingerprint density at radius 3 is 2.76 bits per heavy atom. The van der Waals surface area contributed by atoms with Gasteiger partial charge in [-0.2, -0.15) is 4.39 Å². The van der Waals surface area contributed by atoms with Gasteiger partial charge >= 0.3 is 5.97 Å². The quantitative estimate of drug-likeness (QED) is 0.586. The molecule has 92 valence electrons. The number of hydrogen-bond donors (Lipinski definition) is 0. The van der Waals surface area contributed by atoms with Gasteiger partial charge in [0.05, 0.1) is 5.56 Å². The van der Waals surface area contributed by atoms with Crippen molar-refractivity contribution in [2.75, 3.05) is 0 Å². The zero-order valence-electron chi connectivity index (χ0n) is 9.86. The van der Waals surface area contributed by atoms with Crippen LogP contribution in [0.15, 0.2) is 18.3 Å². The molecule has 1 aliphatic rings. The van der Waals surface area contributed by atoms with E-state index < -0.39 is 11.9 Å². The van der Waals surface area contributed by atoms with Gasteiger partial charge in [-0.1, -0.05) is 6.92 Å². The lowest BCUT2D eigenvalue weighted by molar-refractivity contribution is 0.0173. The lowest BCUT2D eigenvalue weighted by atomic mass is 9.89. The van der Waals surface area contributed by atoms with Gasteiger partial charge in [0, 0.05) is 12.3 Å². The highest BCUT2D eigenvalue weighted by molar-refractivity contribution is 5.89. The first-order valence-corrected chi connectivity index (χ1v) is 5.97. The summed E-state index contributed by atoms with van der Waals surface area (Å²) in [6.07, 6.45) is 5.23. The highest BCUT2D eigenvalue weighted by Gasteiger charge is 2.22. The molecule has 0 spiro atoms. The summed E-state index contributed by atoms with van der Waals surface area (Å²) in [5, 5.41) is 0. The second-order valence-electron chi connectivity index (χ2n) is 4.65. The summed E-state index contributed by atoms with van der Waals surface area (Å²) >= 11 is 0. The van der Waals surface area contributed by atoms with Gasteiger partial charge in [-0.25, -0.2) is 9.78 Å². The molecule has 1 aromatic rings. The molecule has 1 heterocycles. The largest absolute Gasteiger partial charge is 0.459 e. The number of carbonyl (C=O) groups excluding carboxylic acids is 1. The van der Waals surface area contributed by atoms with Crippen LogP contribution in [0.3, 0.4) is 0 Å². The molecule has 17 heavy (non-hydrogen) atoms. The summed E-state index contributed by atoms with van der Waals surface area (Å²) in [7, 11) is 0. The second kappa shape index (κ2) is 5.25. The summed E-state index contributed by atoms with van der Waals surface area (Å²) in [5.41, 5.74) is 0.233. The summed E-state index contributed by atoms with van der Waals surface area (Å²) in [6, 6.07) is 2.57. The summed E-state index contributed by atoms with van der Waals surface area (Å²) < 4.78 is 18.2. The van der Waals surface area contributed by atoms with Crippen molar-refractivity contribution in [1.29, 1.82) is 0 Å². The van der Waals surface area contributed by atoms with E-state index in [0.29, 0.717) is 5.92 Å². The van der Waals surface area contributed by atoms with E-state index in [-0.39, 0.29) is 11.7 Å². The van der Waals surface area contributed by atoms with Crippen LogP contribution in [-0.4, -0.2) is 17.1 Å². The number of rotatable bonds is 2. The van der Waals surface area contributed by atoms with E-state index in [0.717, 1.165) is 31.7 Å². The molecule has 1 saturated carbocycles. The Hall–Kier alpha value is -1.45. The van der Waals surface area contributed by atoms with Gasteiger partial charge in [0.15, 0.2) is 0 Å². The molecule has 0 aromatic carbocycles. The Bertz CT molecular complexity index is 400. The molecule has 0 N–H and O–H groups in total. The van der Waals surface area contributed by atoms with Crippen molar-refractivity contribution in [3.05, 3.63) is 29.8 Å². The molecule has 0 atom stereocenters. The van der Waals surface area contributed by atoms with Crippen molar-refractivity contribution in [1.82, 2.24) is 4.98 Å². The number of nitrogens with zero attached hydrogens (tertiary/aromatic N) is 1. The van der Waals surface area contributed by atoms with E-state index >= 15 is 0 Å². The van der Waals surface area contributed by atoms with Gasteiger partial charge < -0.3 is 4.74 Å². The molecule has 0 unspecified atom stereocenters. The predicted octanol–water partition coefficient (Wildman–Crippen LogP) is 2.96. The summed E-state index contributed by atoms with van der Waals surface area (Å²) in [5.74, 6) is -0.397. The molecular formula is C13H16FNO2. The van der Waals surface area contributed by atoms with E-state index in [9.17, 15) is 9.18 Å². The van der Waals surface area contributed by atoms with Crippen LogP contribution in [0.5, 0.6) is 0 Å². The van der Waals surface area contributed by atoms with Crippen LogP contribution in [0.4, 0.5) is 4.39 Å². The monoisotopic (exact) mass is 237 g/mol. The second-order valence-corrected chi connectivity index (χ2v) is 4.65. The number of carbonyl (C=O) groups is 1. The third-order valence-electron chi connectivity index (χ3n) is 3.20. The molecule has 0 amide bonds. The van der Waals surface area contributed by atoms with E-state index in [1.165, 1.54) is 12.3 Å². The van der Waals surface area contributed by atoms with Crippen LogP contribution in [-0.2, 0) is 4.74 Å². The molecule has 0 saturated heterocycles. The highest BCUT2D eigenvalue weighted by Crippen LogP contribution is 2.26. The number of esters is 1. The third kappa shape index (κ3) is 3.25. The molecule has 0 radical (unpaired) electrons. The molecule has 1 aliphatic carbocycles. The maximum absolute atomic E-state index is 12.8. The van der Waals surface area contributed by atoms with Crippen LogP contribution in [0.1, 0.15) is 43.0 Å². The molecule has 0 bridgehead atoms. The number of pyridine rings is 1. The van der Waals surface area contributed by atoms with Crippen molar-refractivity contribution in [2.45, 2.75) is 38.7 Å².